The Kier molecular flexibility index (Phi) is 50.8. The summed E-state index contributed by atoms with van der Waals surface area (Å²) in [5, 5.41) is 0. The lowest BCUT2D eigenvalue weighted by atomic mass is 10.0. The number of carbonyl (C=O) groups is 2. The van der Waals surface area contributed by atoms with Crippen molar-refractivity contribution >= 4 is 19.8 Å². The van der Waals surface area contributed by atoms with Crippen molar-refractivity contribution in [1.29, 1.82) is 0 Å². The Labute approximate surface area is 433 Å². The molecule has 0 aliphatic heterocycles. The molecule has 0 aliphatic rings. The maximum atomic E-state index is 12.8. The van der Waals surface area contributed by atoms with Gasteiger partial charge in [0.2, 0.25) is 0 Å². The van der Waals surface area contributed by atoms with Gasteiger partial charge in [-0.05, 0) is 70.6 Å². The van der Waals surface area contributed by atoms with Gasteiger partial charge in [-0.3, -0.25) is 14.2 Å². The topological polar surface area (TPSA) is 111 Å². The zero-order chi connectivity index (χ0) is 51.3. The Morgan fingerprint density at radius 1 is 0.443 bits per heavy atom. The first-order valence-corrected chi connectivity index (χ1v) is 31.2. The molecule has 0 saturated heterocycles. The number of phosphoric ester groups is 1. The summed E-state index contributed by atoms with van der Waals surface area (Å²) in [5.41, 5.74) is 0. The van der Waals surface area contributed by atoms with Gasteiger partial charge in [0.1, 0.15) is 19.8 Å². The van der Waals surface area contributed by atoms with Crippen molar-refractivity contribution in [2.45, 2.75) is 290 Å². The van der Waals surface area contributed by atoms with E-state index in [2.05, 4.69) is 50.3 Å². The second-order valence-electron chi connectivity index (χ2n) is 21.4. The van der Waals surface area contributed by atoms with Gasteiger partial charge in [0.05, 0.1) is 27.7 Å². The molecule has 0 amide bonds. The van der Waals surface area contributed by atoms with Gasteiger partial charge >= 0.3 is 11.9 Å². The molecule has 0 aromatic carbocycles. The van der Waals surface area contributed by atoms with Gasteiger partial charge in [-0.15, -0.1) is 0 Å². The molecule has 412 valence electrons. The number of ether oxygens (including phenoxy) is 2. The number of hydrogen-bond acceptors (Lipinski definition) is 8. The Morgan fingerprint density at radius 3 is 1.14 bits per heavy atom. The number of quaternary nitrogens is 1. The molecule has 0 heterocycles. The minimum absolute atomic E-state index is 0.0307. The fourth-order valence-corrected chi connectivity index (χ4v) is 9.24. The predicted molar refractivity (Wildman–Crippen MR) is 296 cm³/mol. The zero-order valence-corrected chi connectivity index (χ0v) is 47.6. The Morgan fingerprint density at radius 2 is 0.771 bits per heavy atom. The van der Waals surface area contributed by atoms with Crippen molar-refractivity contribution < 1.29 is 42.1 Å². The average Bonchev–Trinajstić information content (AvgIpc) is 3.32. The molecule has 10 heteroatoms. The molecule has 0 aliphatic carbocycles. The van der Waals surface area contributed by atoms with Crippen LogP contribution in [0.25, 0.3) is 0 Å². The number of allylic oxidation sites excluding steroid dienone is 6. The first-order valence-electron chi connectivity index (χ1n) is 29.7. The van der Waals surface area contributed by atoms with Crippen LogP contribution in [0.4, 0.5) is 0 Å². The highest BCUT2D eigenvalue weighted by Gasteiger charge is 2.22. The average molecular weight is 1010 g/mol. The van der Waals surface area contributed by atoms with Gasteiger partial charge in [-0.2, -0.15) is 0 Å². The van der Waals surface area contributed by atoms with Crippen molar-refractivity contribution in [2.24, 2.45) is 0 Å². The normalized spacial score (nSPS) is 13.5. The molecule has 0 fully saturated rings. The number of nitrogens with zero attached hydrogens (tertiary/aromatic N) is 1. The van der Waals surface area contributed by atoms with Gasteiger partial charge in [-0.1, -0.05) is 237 Å². The maximum absolute atomic E-state index is 12.8. The summed E-state index contributed by atoms with van der Waals surface area (Å²) in [5.74, 6) is -0.827. The number of hydrogen-bond donors (Lipinski definition) is 0. The van der Waals surface area contributed by atoms with E-state index < -0.39 is 26.5 Å². The highest BCUT2D eigenvalue weighted by Crippen LogP contribution is 2.38. The molecule has 0 bridgehead atoms. The SMILES string of the molecule is CCCCCCC/C=C\C/C=C\CCCCCCCCCCCC(=O)OC(COC(=O)CCCCCCCCCCCCCCC/C=C\CCCCCCCCCC)COP(=O)([O-])OCC[N+](C)(C)C. The van der Waals surface area contributed by atoms with Crippen molar-refractivity contribution in [3.63, 3.8) is 0 Å². The van der Waals surface area contributed by atoms with Crippen LogP contribution in [-0.4, -0.2) is 70.0 Å². The number of unbranched alkanes of at least 4 members (excludes halogenated alkanes) is 35. The van der Waals surface area contributed by atoms with Crippen LogP contribution in [0.1, 0.15) is 284 Å². The van der Waals surface area contributed by atoms with Crippen LogP contribution in [0.15, 0.2) is 36.5 Å². The summed E-state index contributed by atoms with van der Waals surface area (Å²) < 4.78 is 34.2. The minimum Gasteiger partial charge on any atom is -0.756 e. The van der Waals surface area contributed by atoms with Crippen LogP contribution in [0.3, 0.4) is 0 Å². The molecule has 0 saturated carbocycles. The highest BCUT2D eigenvalue weighted by atomic mass is 31.2. The monoisotopic (exact) mass is 1010 g/mol. The second kappa shape index (κ2) is 52.1. The number of carbonyl (C=O) groups excluding carboxylic acids is 2. The fourth-order valence-electron chi connectivity index (χ4n) is 8.51. The Bertz CT molecular complexity index is 1280. The van der Waals surface area contributed by atoms with Crippen LogP contribution < -0.4 is 4.89 Å². The van der Waals surface area contributed by atoms with E-state index in [4.69, 9.17) is 18.5 Å². The lowest BCUT2D eigenvalue weighted by molar-refractivity contribution is -0.870. The van der Waals surface area contributed by atoms with Crippen molar-refractivity contribution in [1.82, 2.24) is 0 Å². The van der Waals surface area contributed by atoms with E-state index in [0.717, 1.165) is 51.4 Å². The highest BCUT2D eigenvalue weighted by molar-refractivity contribution is 7.45. The first-order chi connectivity index (χ1) is 34.0. The van der Waals surface area contributed by atoms with E-state index >= 15 is 0 Å². The van der Waals surface area contributed by atoms with Crippen LogP contribution >= 0.6 is 7.82 Å². The maximum Gasteiger partial charge on any atom is 0.306 e. The molecule has 2 unspecified atom stereocenters. The fraction of sp³-hybridized carbons (Fsp3) is 0.867. The number of likely N-dealkylation sites (N-methyl/N-ethyl adjacent to an activating group) is 1. The summed E-state index contributed by atoms with van der Waals surface area (Å²) in [7, 11) is 1.17. The molecule has 0 aromatic heterocycles. The van der Waals surface area contributed by atoms with E-state index in [1.807, 2.05) is 21.1 Å². The largest absolute Gasteiger partial charge is 0.756 e. The van der Waals surface area contributed by atoms with Crippen molar-refractivity contribution in [2.75, 3.05) is 47.5 Å². The quantitative estimate of drug-likeness (QED) is 0.0195. The Balaban J connectivity index is 4.13. The summed E-state index contributed by atoms with van der Waals surface area (Å²) >= 11 is 0. The lowest BCUT2D eigenvalue weighted by Gasteiger charge is -2.28. The second-order valence-corrected chi connectivity index (χ2v) is 22.8. The summed E-state index contributed by atoms with van der Waals surface area (Å²) in [6.07, 6.45) is 63.3. The molecule has 2 atom stereocenters. The lowest BCUT2D eigenvalue weighted by Crippen LogP contribution is -2.37. The summed E-state index contributed by atoms with van der Waals surface area (Å²) in [6, 6.07) is 0. The standard InChI is InChI=1S/C60H114NO8P/c1-6-8-10-12-14-16-18-20-22-24-26-28-29-30-31-33-34-36-38-40-42-44-46-48-50-52-59(62)66-56-58(57-68-70(64,65)67-55-54-61(3,4)5)69-60(63)53-51-49-47-45-43-41-39-37-35-32-27-25-23-21-19-17-15-13-11-9-7-2/h19,21,24-27,58H,6-18,20,22-23,28-57H2,1-5H3/b21-19-,26-24-,27-25-. The molecular formula is C60H114NO8P. The van der Waals surface area contributed by atoms with Crippen LogP contribution in [0, 0.1) is 0 Å². The van der Waals surface area contributed by atoms with Gasteiger partial charge in [-0.25, -0.2) is 0 Å². The molecule has 9 nitrogen and oxygen atoms in total. The molecule has 0 N–H and O–H groups in total. The van der Waals surface area contributed by atoms with E-state index in [1.165, 1.54) is 199 Å². The van der Waals surface area contributed by atoms with Gasteiger partial charge < -0.3 is 27.9 Å². The van der Waals surface area contributed by atoms with E-state index in [1.54, 1.807) is 0 Å². The van der Waals surface area contributed by atoms with Gasteiger partial charge in [0.25, 0.3) is 7.82 Å². The van der Waals surface area contributed by atoms with Gasteiger partial charge in [0.15, 0.2) is 6.10 Å². The molecule has 0 rings (SSSR count). The molecule has 0 aromatic rings. The number of phosphoric acid groups is 1. The predicted octanol–water partition coefficient (Wildman–Crippen LogP) is 17.7. The van der Waals surface area contributed by atoms with E-state index in [-0.39, 0.29) is 32.0 Å². The third-order valence-electron chi connectivity index (χ3n) is 13.1. The first kappa shape index (κ1) is 68.2. The molecule has 0 radical (unpaired) electrons. The van der Waals surface area contributed by atoms with Crippen molar-refractivity contribution in [3.05, 3.63) is 36.5 Å². The summed E-state index contributed by atoms with van der Waals surface area (Å²) in [4.78, 5) is 37.9. The molecule has 70 heavy (non-hydrogen) atoms. The smallest absolute Gasteiger partial charge is 0.306 e. The minimum atomic E-state index is -4.64. The number of esters is 2. The number of rotatable bonds is 55. The van der Waals surface area contributed by atoms with Gasteiger partial charge in [0, 0.05) is 12.8 Å². The third-order valence-corrected chi connectivity index (χ3v) is 14.1. The van der Waals surface area contributed by atoms with E-state index in [0.29, 0.717) is 17.4 Å². The van der Waals surface area contributed by atoms with E-state index in [9.17, 15) is 19.0 Å². The van der Waals surface area contributed by atoms with Crippen molar-refractivity contribution in [3.8, 4) is 0 Å². The van der Waals surface area contributed by atoms with Crippen LogP contribution in [0.2, 0.25) is 0 Å². The Hall–Kier alpha value is -1.77. The van der Waals surface area contributed by atoms with Crippen LogP contribution in [-0.2, 0) is 32.7 Å². The third kappa shape index (κ3) is 55.5. The zero-order valence-electron chi connectivity index (χ0n) is 46.7. The molecular weight excluding hydrogens is 894 g/mol. The summed E-state index contributed by atoms with van der Waals surface area (Å²) in [6.45, 7) is 4.26. The van der Waals surface area contributed by atoms with Crippen LogP contribution in [0.5, 0.6) is 0 Å². The molecule has 0 spiro atoms.